The van der Waals surface area contributed by atoms with E-state index in [1.807, 2.05) is 24.3 Å². The van der Waals surface area contributed by atoms with Crippen molar-refractivity contribution in [2.45, 2.75) is 38.0 Å². The third-order valence-corrected chi connectivity index (χ3v) is 4.70. The molecule has 1 saturated carbocycles. The second-order valence-corrected chi connectivity index (χ2v) is 6.42. The molecule has 130 valence electrons. The minimum atomic E-state index is -0.0807. The van der Waals surface area contributed by atoms with Gasteiger partial charge < -0.3 is 4.74 Å². The zero-order valence-corrected chi connectivity index (χ0v) is 14.6. The monoisotopic (exact) mass is 336 g/mol. The van der Waals surface area contributed by atoms with Crippen molar-refractivity contribution >= 4 is 11.6 Å². The van der Waals surface area contributed by atoms with Crippen molar-refractivity contribution in [1.29, 1.82) is 0 Å². The van der Waals surface area contributed by atoms with E-state index < -0.39 is 0 Å². The van der Waals surface area contributed by atoms with E-state index in [9.17, 15) is 4.79 Å². The molecule has 4 nitrogen and oxygen atoms in total. The Bertz CT molecular complexity index is 713. The lowest BCUT2D eigenvalue weighted by Gasteiger charge is -2.23. The summed E-state index contributed by atoms with van der Waals surface area (Å²) in [6.07, 6.45) is 4.41. The first-order valence-electron chi connectivity index (χ1n) is 8.77. The summed E-state index contributed by atoms with van der Waals surface area (Å²) in [5, 5.41) is 4.33. The third-order valence-electron chi connectivity index (χ3n) is 4.70. The van der Waals surface area contributed by atoms with E-state index in [4.69, 9.17) is 4.74 Å². The van der Waals surface area contributed by atoms with Crippen molar-refractivity contribution in [2.24, 2.45) is 5.10 Å². The Morgan fingerprint density at radius 3 is 2.40 bits per heavy atom. The average molecular weight is 336 g/mol. The number of nitrogens with one attached hydrogen (secondary N) is 1. The van der Waals surface area contributed by atoms with Gasteiger partial charge in [0.25, 0.3) is 0 Å². The van der Waals surface area contributed by atoms with Crippen LogP contribution in [0.15, 0.2) is 59.7 Å². The summed E-state index contributed by atoms with van der Waals surface area (Å²) in [5.74, 6) is 1.32. The number of hydrogen-bond acceptors (Lipinski definition) is 3. The van der Waals surface area contributed by atoms with E-state index in [-0.39, 0.29) is 5.91 Å². The topological polar surface area (TPSA) is 50.7 Å². The highest BCUT2D eigenvalue weighted by atomic mass is 16.5. The lowest BCUT2D eigenvalue weighted by atomic mass is 9.83. The molecule has 1 fully saturated rings. The second kappa shape index (κ2) is 8.47. The molecule has 0 aromatic heterocycles. The molecule has 2 aromatic carbocycles. The van der Waals surface area contributed by atoms with Crippen LogP contribution in [0.3, 0.4) is 0 Å². The number of amides is 1. The van der Waals surface area contributed by atoms with Gasteiger partial charge in [-0.05, 0) is 54.9 Å². The minimum Gasteiger partial charge on any atom is -0.497 e. The Hall–Kier alpha value is -2.62. The normalized spacial score (nSPS) is 17.0. The van der Waals surface area contributed by atoms with E-state index in [1.165, 1.54) is 5.56 Å². The molecule has 3 rings (SSSR count). The molecular weight excluding hydrogens is 312 g/mol. The Balaban J connectivity index is 1.47. The Labute approximate surface area is 148 Å². The number of carbonyl (C=O) groups excluding carboxylic acids is 1. The molecule has 0 aliphatic heterocycles. The van der Waals surface area contributed by atoms with Crippen LogP contribution in [0.25, 0.3) is 0 Å². The highest BCUT2D eigenvalue weighted by Crippen LogP contribution is 2.31. The van der Waals surface area contributed by atoms with Crippen molar-refractivity contribution in [1.82, 2.24) is 5.43 Å². The maximum Gasteiger partial charge on any atom is 0.244 e. The lowest BCUT2D eigenvalue weighted by Crippen LogP contribution is -2.23. The van der Waals surface area contributed by atoms with Gasteiger partial charge in [0.15, 0.2) is 0 Å². The van der Waals surface area contributed by atoms with Crippen LogP contribution in [0.4, 0.5) is 0 Å². The molecule has 2 aromatic rings. The predicted molar refractivity (Wildman–Crippen MR) is 99.9 cm³/mol. The highest BCUT2D eigenvalue weighted by molar-refractivity contribution is 5.87. The fourth-order valence-corrected chi connectivity index (χ4v) is 3.23. The first-order chi connectivity index (χ1) is 12.2. The Morgan fingerprint density at radius 2 is 1.76 bits per heavy atom. The van der Waals surface area contributed by atoms with Gasteiger partial charge in [-0.1, -0.05) is 42.5 Å². The van der Waals surface area contributed by atoms with Gasteiger partial charge >= 0.3 is 0 Å². The number of nitrogens with zero attached hydrogens (tertiary/aromatic N) is 1. The summed E-state index contributed by atoms with van der Waals surface area (Å²) in [5.41, 5.74) is 6.15. The standard InChI is InChI=1S/C21H24N2O2/c1-25-20-13-7-16(8-14-20)15-21(24)23-22-19-11-9-18(10-12-19)17-5-3-2-4-6-17/h2-8,13-14,18H,9-12,15H2,1H3,(H,23,24). The molecule has 25 heavy (non-hydrogen) atoms. The fraction of sp³-hybridized carbons (Fsp3) is 0.333. The van der Waals surface area contributed by atoms with Crippen LogP contribution in [0.5, 0.6) is 5.75 Å². The van der Waals surface area contributed by atoms with E-state index in [0.29, 0.717) is 12.3 Å². The largest absolute Gasteiger partial charge is 0.497 e. The molecule has 1 aliphatic carbocycles. The molecule has 1 amide bonds. The van der Waals surface area contributed by atoms with Gasteiger partial charge in [-0.15, -0.1) is 0 Å². The minimum absolute atomic E-state index is 0.0807. The molecule has 0 heterocycles. The molecule has 0 radical (unpaired) electrons. The van der Waals surface area contributed by atoms with E-state index in [0.717, 1.165) is 42.7 Å². The molecule has 0 unspecified atom stereocenters. The number of methoxy groups -OCH3 is 1. The van der Waals surface area contributed by atoms with Crippen molar-refractivity contribution in [3.63, 3.8) is 0 Å². The number of rotatable bonds is 5. The zero-order valence-electron chi connectivity index (χ0n) is 14.6. The summed E-state index contributed by atoms with van der Waals surface area (Å²) in [7, 11) is 1.63. The number of hydrogen-bond donors (Lipinski definition) is 1. The first-order valence-corrected chi connectivity index (χ1v) is 8.77. The first kappa shape index (κ1) is 17.2. The quantitative estimate of drug-likeness (QED) is 0.837. The summed E-state index contributed by atoms with van der Waals surface area (Å²) < 4.78 is 5.12. The van der Waals surface area contributed by atoms with Gasteiger partial charge in [0, 0.05) is 5.71 Å². The number of carbonyl (C=O) groups is 1. The lowest BCUT2D eigenvalue weighted by molar-refractivity contribution is -0.120. The molecule has 0 spiro atoms. The van der Waals surface area contributed by atoms with Crippen molar-refractivity contribution < 1.29 is 9.53 Å². The van der Waals surface area contributed by atoms with Crippen LogP contribution in [-0.4, -0.2) is 18.7 Å². The van der Waals surface area contributed by atoms with Gasteiger partial charge in [-0.3, -0.25) is 4.79 Å². The SMILES string of the molecule is COc1ccc(CC(=O)NN=C2CCC(c3ccccc3)CC2)cc1. The van der Waals surface area contributed by atoms with Crippen LogP contribution < -0.4 is 10.2 Å². The molecule has 0 atom stereocenters. The van der Waals surface area contributed by atoms with Gasteiger partial charge in [-0.25, -0.2) is 5.43 Å². The summed E-state index contributed by atoms with van der Waals surface area (Å²) in [6.45, 7) is 0. The number of benzene rings is 2. The molecule has 4 heteroatoms. The molecular formula is C21H24N2O2. The predicted octanol–water partition coefficient (Wildman–Crippen LogP) is 4.07. The molecule has 1 aliphatic rings. The third kappa shape index (κ3) is 4.92. The Kier molecular flexibility index (Phi) is 5.83. The van der Waals surface area contributed by atoms with Gasteiger partial charge in [0.2, 0.25) is 5.91 Å². The van der Waals surface area contributed by atoms with Crippen molar-refractivity contribution in [3.05, 3.63) is 65.7 Å². The van der Waals surface area contributed by atoms with Crippen LogP contribution in [0.2, 0.25) is 0 Å². The van der Waals surface area contributed by atoms with Crippen LogP contribution in [0, 0.1) is 0 Å². The number of ether oxygens (including phenoxy) is 1. The van der Waals surface area contributed by atoms with Crippen molar-refractivity contribution in [3.8, 4) is 5.75 Å². The van der Waals surface area contributed by atoms with Gasteiger partial charge in [0.1, 0.15) is 5.75 Å². The van der Waals surface area contributed by atoms with Gasteiger partial charge in [0.05, 0.1) is 13.5 Å². The molecule has 0 saturated heterocycles. The maximum atomic E-state index is 12.0. The summed E-state index contributed by atoms with van der Waals surface area (Å²) in [6, 6.07) is 18.2. The second-order valence-electron chi connectivity index (χ2n) is 6.42. The maximum absolute atomic E-state index is 12.0. The fourth-order valence-electron chi connectivity index (χ4n) is 3.23. The van der Waals surface area contributed by atoms with Crippen LogP contribution >= 0.6 is 0 Å². The summed E-state index contributed by atoms with van der Waals surface area (Å²) in [4.78, 5) is 12.0. The van der Waals surface area contributed by atoms with E-state index >= 15 is 0 Å². The average Bonchev–Trinajstić information content (AvgIpc) is 2.68. The van der Waals surface area contributed by atoms with Crippen LogP contribution in [-0.2, 0) is 11.2 Å². The van der Waals surface area contributed by atoms with Crippen molar-refractivity contribution in [2.75, 3.05) is 7.11 Å². The van der Waals surface area contributed by atoms with Crippen LogP contribution in [0.1, 0.15) is 42.7 Å². The summed E-state index contributed by atoms with van der Waals surface area (Å²) >= 11 is 0. The Morgan fingerprint density at radius 1 is 1.08 bits per heavy atom. The smallest absolute Gasteiger partial charge is 0.244 e. The highest BCUT2D eigenvalue weighted by Gasteiger charge is 2.19. The van der Waals surface area contributed by atoms with E-state index in [2.05, 4.69) is 40.9 Å². The van der Waals surface area contributed by atoms with E-state index in [1.54, 1.807) is 7.11 Å². The zero-order chi connectivity index (χ0) is 17.5. The van der Waals surface area contributed by atoms with Gasteiger partial charge in [-0.2, -0.15) is 5.10 Å². The molecule has 0 bridgehead atoms. The number of hydrazone groups is 1. The molecule has 1 N–H and O–H groups in total.